The van der Waals surface area contributed by atoms with Gasteiger partial charge in [0.25, 0.3) is 0 Å². The van der Waals surface area contributed by atoms with Crippen LogP contribution in [0.1, 0.15) is 44.2 Å². The maximum Gasteiger partial charge on any atom is 0.0618 e. The average molecular weight is 415 g/mol. The van der Waals surface area contributed by atoms with Gasteiger partial charge in [0, 0.05) is 34.6 Å². The van der Waals surface area contributed by atoms with Crippen LogP contribution in [0.3, 0.4) is 0 Å². The third kappa shape index (κ3) is 2.39. The van der Waals surface area contributed by atoms with Crippen molar-refractivity contribution in [3.8, 4) is 0 Å². The first-order valence-corrected chi connectivity index (χ1v) is 11.8. The zero-order chi connectivity index (χ0) is 19.6. The van der Waals surface area contributed by atoms with E-state index in [-0.39, 0.29) is 9.49 Å². The first kappa shape index (κ1) is 17.8. The first-order valence-electron chi connectivity index (χ1n) is 10.2. The van der Waals surface area contributed by atoms with Crippen LogP contribution in [0.25, 0.3) is 9.81 Å². The molecule has 2 aliphatic carbocycles. The predicted molar refractivity (Wildman–Crippen MR) is 124 cm³/mol. The van der Waals surface area contributed by atoms with E-state index in [2.05, 4.69) is 60.2 Å². The predicted octanol–water partition coefficient (Wildman–Crippen LogP) is 6.66. The highest BCUT2D eigenvalue weighted by molar-refractivity contribution is 8.14. The summed E-state index contributed by atoms with van der Waals surface area (Å²) in [5.41, 5.74) is 8.91. The molecule has 2 aromatic rings. The Morgan fingerprint density at radius 1 is 0.690 bits per heavy atom. The van der Waals surface area contributed by atoms with E-state index in [1.54, 1.807) is 22.3 Å². The van der Waals surface area contributed by atoms with Gasteiger partial charge in [-0.15, -0.1) is 23.5 Å². The Hall–Kier alpha value is -2.04. The summed E-state index contributed by atoms with van der Waals surface area (Å²) in [4.78, 5) is 11.2. The van der Waals surface area contributed by atoms with Crippen LogP contribution in [0.5, 0.6) is 0 Å². The van der Waals surface area contributed by atoms with Gasteiger partial charge < -0.3 is 0 Å². The third-order valence-electron chi connectivity index (χ3n) is 6.92. The molecule has 2 unspecified atom stereocenters. The number of fused-ring (bicyclic) bond motifs is 4. The number of nitrogens with zero attached hydrogens (tertiary/aromatic N) is 2. The highest BCUT2D eigenvalue weighted by Gasteiger charge is 2.59. The summed E-state index contributed by atoms with van der Waals surface area (Å²) in [6.07, 6.45) is 16.3. The number of hydrogen-bond acceptors (Lipinski definition) is 4. The molecule has 1 fully saturated rings. The monoisotopic (exact) mass is 414 g/mol. The molecule has 1 saturated carbocycles. The Morgan fingerprint density at radius 2 is 1.10 bits per heavy atom. The first-order chi connectivity index (χ1) is 14.1. The smallest absolute Gasteiger partial charge is 0.0618 e. The molecule has 0 saturated heterocycles. The second-order valence-corrected chi connectivity index (χ2v) is 11.3. The highest BCUT2D eigenvalue weighted by atomic mass is 32.2. The van der Waals surface area contributed by atoms with E-state index in [1.165, 1.54) is 40.2 Å². The molecule has 0 spiro atoms. The normalized spacial score (nSPS) is 30.1. The molecule has 29 heavy (non-hydrogen) atoms. The van der Waals surface area contributed by atoms with Crippen LogP contribution in [0.2, 0.25) is 0 Å². The molecule has 4 heterocycles. The molecular weight excluding hydrogens is 392 g/mol. The molecular formula is C25H22N2S2. The Labute approximate surface area is 180 Å². The Morgan fingerprint density at radius 3 is 1.52 bits per heavy atom. The zero-order valence-corrected chi connectivity index (χ0v) is 18.2. The molecule has 0 bridgehead atoms. The van der Waals surface area contributed by atoms with Gasteiger partial charge in [0.1, 0.15) is 0 Å². The standard InChI is InChI=1S/C25H22N2S2/c1-24-20(14-22(28-24)16-6-10-26-11-7-16)18-4-3-5-19(18)21-15-23(29-25(21,24)2)17-8-12-27-13-9-17/h6-15H,3-5H2,1-2H3. The molecule has 4 heteroatoms. The van der Waals surface area contributed by atoms with Crippen molar-refractivity contribution < 1.29 is 0 Å². The summed E-state index contributed by atoms with van der Waals surface area (Å²) in [5, 5.41) is 0. The van der Waals surface area contributed by atoms with E-state index < -0.39 is 0 Å². The van der Waals surface area contributed by atoms with Crippen LogP contribution in [0, 0.1) is 0 Å². The molecule has 2 aliphatic heterocycles. The minimum absolute atomic E-state index is 0.0278. The summed E-state index contributed by atoms with van der Waals surface area (Å²) in [5.74, 6) is 0. The largest absolute Gasteiger partial charge is 0.265 e. The topological polar surface area (TPSA) is 25.8 Å². The SMILES string of the molecule is CC12SC(c3ccncc3)=CC1=C1CCCC1=C1C=C(c3ccncc3)SC12C. The fourth-order valence-electron chi connectivity index (χ4n) is 5.26. The van der Waals surface area contributed by atoms with Gasteiger partial charge in [-0.2, -0.15) is 0 Å². The lowest BCUT2D eigenvalue weighted by Gasteiger charge is -2.47. The van der Waals surface area contributed by atoms with E-state index >= 15 is 0 Å². The lowest BCUT2D eigenvalue weighted by molar-refractivity contribution is 0.607. The number of thioether (sulfide) groups is 2. The lowest BCUT2D eigenvalue weighted by Crippen LogP contribution is -2.47. The zero-order valence-electron chi connectivity index (χ0n) is 16.6. The van der Waals surface area contributed by atoms with Gasteiger partial charge in [-0.1, -0.05) is 0 Å². The van der Waals surface area contributed by atoms with E-state index in [9.17, 15) is 0 Å². The van der Waals surface area contributed by atoms with E-state index in [4.69, 9.17) is 0 Å². The van der Waals surface area contributed by atoms with Gasteiger partial charge in [0.15, 0.2) is 0 Å². The summed E-state index contributed by atoms with van der Waals surface area (Å²) >= 11 is 4.09. The van der Waals surface area contributed by atoms with Crippen molar-refractivity contribution >= 4 is 33.3 Å². The van der Waals surface area contributed by atoms with Gasteiger partial charge in [0.05, 0.1) is 9.49 Å². The van der Waals surface area contributed by atoms with Crippen LogP contribution in [-0.4, -0.2) is 19.5 Å². The van der Waals surface area contributed by atoms with Gasteiger partial charge in [-0.3, -0.25) is 9.97 Å². The minimum atomic E-state index is 0.0278. The number of hydrogen-bond donors (Lipinski definition) is 0. The molecule has 6 rings (SSSR count). The van der Waals surface area contributed by atoms with Crippen molar-refractivity contribution in [2.75, 3.05) is 0 Å². The van der Waals surface area contributed by atoms with Crippen LogP contribution < -0.4 is 0 Å². The van der Waals surface area contributed by atoms with E-state index in [0.29, 0.717) is 0 Å². The van der Waals surface area contributed by atoms with E-state index in [0.717, 1.165) is 0 Å². The molecule has 4 aliphatic rings. The van der Waals surface area contributed by atoms with Crippen molar-refractivity contribution in [1.29, 1.82) is 0 Å². The summed E-state index contributed by atoms with van der Waals surface area (Å²) in [6, 6.07) is 8.55. The number of rotatable bonds is 2. The van der Waals surface area contributed by atoms with Crippen LogP contribution in [-0.2, 0) is 0 Å². The lowest BCUT2D eigenvalue weighted by atomic mass is 9.72. The van der Waals surface area contributed by atoms with Crippen LogP contribution in [0.15, 0.2) is 83.5 Å². The third-order valence-corrected chi connectivity index (χ3v) is 10.3. The van der Waals surface area contributed by atoms with Gasteiger partial charge in [-0.25, -0.2) is 0 Å². The highest BCUT2D eigenvalue weighted by Crippen LogP contribution is 2.70. The van der Waals surface area contributed by atoms with Gasteiger partial charge >= 0.3 is 0 Å². The molecule has 0 aromatic carbocycles. The van der Waals surface area contributed by atoms with Gasteiger partial charge in [0.2, 0.25) is 0 Å². The molecule has 0 radical (unpaired) electrons. The van der Waals surface area contributed by atoms with Crippen molar-refractivity contribution in [3.63, 3.8) is 0 Å². The maximum atomic E-state index is 4.21. The Bertz CT molecular complexity index is 1050. The van der Waals surface area contributed by atoms with E-state index in [1.807, 2.05) is 48.3 Å². The van der Waals surface area contributed by atoms with Crippen molar-refractivity contribution in [3.05, 3.63) is 94.6 Å². The van der Waals surface area contributed by atoms with Crippen LogP contribution in [0.4, 0.5) is 0 Å². The second kappa shape index (κ2) is 6.23. The molecule has 2 nitrogen and oxygen atoms in total. The maximum absolute atomic E-state index is 4.21. The number of pyridine rings is 2. The molecule has 2 atom stereocenters. The average Bonchev–Trinajstić information content (AvgIpc) is 3.45. The minimum Gasteiger partial charge on any atom is -0.265 e. The summed E-state index contributed by atoms with van der Waals surface area (Å²) < 4.78 is 0.0557. The van der Waals surface area contributed by atoms with Crippen molar-refractivity contribution in [2.24, 2.45) is 0 Å². The fraction of sp³-hybridized carbons (Fsp3) is 0.280. The molecule has 2 aromatic heterocycles. The Kier molecular flexibility index (Phi) is 3.82. The second-order valence-electron chi connectivity index (χ2n) is 8.40. The van der Waals surface area contributed by atoms with Crippen LogP contribution >= 0.6 is 23.5 Å². The molecule has 0 N–H and O–H groups in total. The number of aromatic nitrogens is 2. The fourth-order valence-corrected chi connectivity index (χ4v) is 8.44. The summed E-state index contributed by atoms with van der Waals surface area (Å²) in [6.45, 7) is 4.94. The quantitative estimate of drug-likeness (QED) is 0.549. The molecule has 0 amide bonds. The Balaban J connectivity index is 1.52. The number of allylic oxidation sites excluding steroid dienone is 4. The van der Waals surface area contributed by atoms with Crippen molar-refractivity contribution in [2.45, 2.75) is 42.6 Å². The van der Waals surface area contributed by atoms with Crippen molar-refractivity contribution in [1.82, 2.24) is 9.97 Å². The van der Waals surface area contributed by atoms with Gasteiger partial charge in [-0.05, 0) is 103 Å². The molecule has 144 valence electrons. The summed E-state index contributed by atoms with van der Waals surface area (Å²) in [7, 11) is 0.